The molecule has 3 atom stereocenters. The minimum absolute atomic E-state index is 0.0521. The molecule has 0 heterocycles. The molecule has 0 aliphatic heterocycles. The normalized spacial score (nSPS) is 13.7. The van der Waals surface area contributed by atoms with Gasteiger partial charge in [0.2, 0.25) is 5.91 Å². The summed E-state index contributed by atoms with van der Waals surface area (Å²) in [6, 6.07) is -0.717. The standard InChI is InChI=1S/C60H107NO5/c1-4-7-10-13-16-19-22-25-27-29-30-32-35-38-41-44-47-50-53-60(65)66-56(51-48-45-42-39-36-33-24-21-18-15-12-9-6-3)54-59(64)61-57(55-62)58(63)52-49-46-43-40-37-34-31-28-26-23-20-17-14-11-8-5-2/h16,18-19,21-22,24-25,27,29-30,32-33,56-58,62-63H,4-15,17,20,23,26,28,31,34-55H2,1-3H3,(H,61,64)/b19-16+,21-18+,25-22+,29-27+,32-30+,33-24+. The number of amides is 1. The van der Waals surface area contributed by atoms with Crippen LogP contribution in [0.15, 0.2) is 72.9 Å². The molecule has 382 valence electrons. The molecule has 0 radical (unpaired) electrons. The Morgan fingerprint density at radius 3 is 1.21 bits per heavy atom. The van der Waals surface area contributed by atoms with Gasteiger partial charge >= 0.3 is 5.97 Å². The van der Waals surface area contributed by atoms with Crippen molar-refractivity contribution in [3.05, 3.63) is 72.9 Å². The average molecular weight is 923 g/mol. The Balaban J connectivity index is 4.60. The highest BCUT2D eigenvalue weighted by atomic mass is 16.5. The molecule has 0 saturated heterocycles. The van der Waals surface area contributed by atoms with Crippen LogP contribution in [0.2, 0.25) is 0 Å². The van der Waals surface area contributed by atoms with Gasteiger partial charge in [-0.1, -0.05) is 254 Å². The molecule has 0 aliphatic rings. The van der Waals surface area contributed by atoms with E-state index in [1.165, 1.54) is 122 Å². The highest BCUT2D eigenvalue weighted by Crippen LogP contribution is 2.18. The van der Waals surface area contributed by atoms with Crippen LogP contribution in [-0.2, 0) is 14.3 Å². The van der Waals surface area contributed by atoms with E-state index >= 15 is 0 Å². The van der Waals surface area contributed by atoms with E-state index in [-0.39, 0.29) is 24.9 Å². The summed E-state index contributed by atoms with van der Waals surface area (Å²) in [6.07, 6.45) is 68.1. The van der Waals surface area contributed by atoms with Crippen molar-refractivity contribution in [3.8, 4) is 0 Å². The van der Waals surface area contributed by atoms with E-state index in [9.17, 15) is 19.8 Å². The van der Waals surface area contributed by atoms with E-state index in [0.717, 1.165) is 103 Å². The number of allylic oxidation sites excluding steroid dienone is 12. The third kappa shape index (κ3) is 47.8. The second-order valence-corrected chi connectivity index (χ2v) is 19.1. The lowest BCUT2D eigenvalue weighted by atomic mass is 10.0. The van der Waals surface area contributed by atoms with Crippen LogP contribution < -0.4 is 5.32 Å². The lowest BCUT2D eigenvalue weighted by Gasteiger charge is -2.24. The van der Waals surface area contributed by atoms with Crippen molar-refractivity contribution in [1.29, 1.82) is 0 Å². The van der Waals surface area contributed by atoms with Crippen molar-refractivity contribution in [3.63, 3.8) is 0 Å². The zero-order valence-electron chi connectivity index (χ0n) is 43.6. The number of rotatable bonds is 50. The van der Waals surface area contributed by atoms with Crippen LogP contribution in [0.25, 0.3) is 0 Å². The lowest BCUT2D eigenvalue weighted by molar-refractivity contribution is -0.151. The molecule has 6 heteroatoms. The number of aliphatic hydroxyl groups is 2. The first-order valence-corrected chi connectivity index (χ1v) is 28.2. The number of carbonyl (C=O) groups is 2. The fourth-order valence-corrected chi connectivity index (χ4v) is 8.32. The van der Waals surface area contributed by atoms with Crippen molar-refractivity contribution >= 4 is 11.9 Å². The van der Waals surface area contributed by atoms with Gasteiger partial charge in [-0.15, -0.1) is 0 Å². The summed E-state index contributed by atoms with van der Waals surface area (Å²) in [7, 11) is 0. The maximum absolute atomic E-state index is 13.2. The Hall–Kier alpha value is -2.70. The van der Waals surface area contributed by atoms with Crippen LogP contribution in [0.3, 0.4) is 0 Å². The van der Waals surface area contributed by atoms with Crippen molar-refractivity contribution in [2.24, 2.45) is 0 Å². The van der Waals surface area contributed by atoms with Crippen LogP contribution in [0, 0.1) is 0 Å². The van der Waals surface area contributed by atoms with Crippen molar-refractivity contribution < 1.29 is 24.5 Å². The van der Waals surface area contributed by atoms with Gasteiger partial charge in [0.1, 0.15) is 6.10 Å². The molecule has 3 N–H and O–H groups in total. The zero-order chi connectivity index (χ0) is 48.1. The third-order valence-electron chi connectivity index (χ3n) is 12.6. The van der Waals surface area contributed by atoms with E-state index in [1.807, 2.05) is 0 Å². The summed E-state index contributed by atoms with van der Waals surface area (Å²) in [5.41, 5.74) is 0. The summed E-state index contributed by atoms with van der Waals surface area (Å²) < 4.78 is 5.93. The molecule has 0 aromatic rings. The van der Waals surface area contributed by atoms with Gasteiger partial charge in [0.05, 0.1) is 25.2 Å². The van der Waals surface area contributed by atoms with E-state index < -0.39 is 18.2 Å². The van der Waals surface area contributed by atoms with Gasteiger partial charge < -0.3 is 20.3 Å². The molecular formula is C60H107NO5. The van der Waals surface area contributed by atoms with Crippen molar-refractivity contribution in [2.45, 2.75) is 289 Å². The van der Waals surface area contributed by atoms with Crippen LogP contribution in [-0.4, -0.2) is 46.9 Å². The fraction of sp³-hybridized carbons (Fsp3) is 0.767. The summed E-state index contributed by atoms with van der Waals surface area (Å²) in [5, 5.41) is 23.9. The number of nitrogens with one attached hydrogen (secondary N) is 1. The molecule has 3 unspecified atom stereocenters. The minimum atomic E-state index is -0.801. The maximum atomic E-state index is 13.2. The summed E-state index contributed by atoms with van der Waals surface area (Å²) in [6.45, 7) is 6.42. The van der Waals surface area contributed by atoms with Crippen LogP contribution in [0.4, 0.5) is 0 Å². The number of aliphatic hydroxyl groups excluding tert-OH is 2. The van der Waals surface area contributed by atoms with Gasteiger partial charge in [-0.2, -0.15) is 0 Å². The predicted molar refractivity (Wildman–Crippen MR) is 287 cm³/mol. The number of hydrogen-bond donors (Lipinski definition) is 3. The smallest absolute Gasteiger partial charge is 0.306 e. The Bertz CT molecular complexity index is 1220. The topological polar surface area (TPSA) is 95.9 Å². The molecule has 0 aromatic carbocycles. The lowest BCUT2D eigenvalue weighted by Crippen LogP contribution is -2.46. The fourth-order valence-electron chi connectivity index (χ4n) is 8.32. The molecule has 0 aromatic heterocycles. The Labute approximate surface area is 409 Å². The molecular weight excluding hydrogens is 815 g/mol. The van der Waals surface area contributed by atoms with Gasteiger partial charge in [-0.05, 0) is 77.0 Å². The summed E-state index contributed by atoms with van der Waals surface area (Å²) in [4.78, 5) is 26.2. The Kier molecular flexibility index (Phi) is 51.1. The number of unbranched alkanes of at least 4 members (excludes halogenated alkanes) is 30. The Morgan fingerprint density at radius 2 is 0.773 bits per heavy atom. The number of esters is 1. The molecule has 0 fully saturated rings. The van der Waals surface area contributed by atoms with Gasteiger partial charge in [-0.25, -0.2) is 0 Å². The molecule has 6 nitrogen and oxygen atoms in total. The van der Waals surface area contributed by atoms with Crippen LogP contribution >= 0.6 is 0 Å². The molecule has 66 heavy (non-hydrogen) atoms. The van der Waals surface area contributed by atoms with Gasteiger partial charge in [0.15, 0.2) is 0 Å². The average Bonchev–Trinajstić information content (AvgIpc) is 3.31. The predicted octanol–water partition coefficient (Wildman–Crippen LogP) is 17.3. The summed E-state index contributed by atoms with van der Waals surface area (Å²) in [5.74, 6) is -0.518. The number of hydrogen-bond acceptors (Lipinski definition) is 5. The molecule has 0 saturated carbocycles. The highest BCUT2D eigenvalue weighted by molar-refractivity contribution is 5.77. The quantitative estimate of drug-likeness (QED) is 0.0321. The van der Waals surface area contributed by atoms with Crippen molar-refractivity contribution in [2.75, 3.05) is 6.61 Å². The second kappa shape index (κ2) is 53.3. The van der Waals surface area contributed by atoms with E-state index in [2.05, 4.69) is 99.0 Å². The van der Waals surface area contributed by atoms with Gasteiger partial charge in [0, 0.05) is 6.42 Å². The Morgan fingerprint density at radius 1 is 0.439 bits per heavy atom. The molecule has 0 rings (SSSR count). The SMILES string of the molecule is CCCCC/C=C/C=C/C=C/C=C/CCCCCCCC(=O)OC(CCCCCC/C=C/C=C/CCCCC)CC(=O)NC(CO)C(O)CCCCCCCCCCCCCCCCCC. The first-order chi connectivity index (χ1) is 32.5. The minimum Gasteiger partial charge on any atom is -0.462 e. The zero-order valence-corrected chi connectivity index (χ0v) is 43.6. The van der Waals surface area contributed by atoms with E-state index in [4.69, 9.17) is 4.74 Å². The summed E-state index contributed by atoms with van der Waals surface area (Å²) >= 11 is 0. The molecule has 0 bridgehead atoms. The van der Waals surface area contributed by atoms with Crippen LogP contribution in [0.1, 0.15) is 271 Å². The largest absolute Gasteiger partial charge is 0.462 e. The number of carbonyl (C=O) groups excluding carboxylic acids is 2. The van der Waals surface area contributed by atoms with E-state index in [1.54, 1.807) is 0 Å². The molecule has 0 aliphatic carbocycles. The third-order valence-corrected chi connectivity index (χ3v) is 12.6. The molecule has 0 spiro atoms. The van der Waals surface area contributed by atoms with Crippen molar-refractivity contribution in [1.82, 2.24) is 5.32 Å². The van der Waals surface area contributed by atoms with Gasteiger partial charge in [-0.3, -0.25) is 9.59 Å². The second-order valence-electron chi connectivity index (χ2n) is 19.1. The monoisotopic (exact) mass is 922 g/mol. The molecule has 1 amide bonds. The van der Waals surface area contributed by atoms with Crippen LogP contribution in [0.5, 0.6) is 0 Å². The van der Waals surface area contributed by atoms with E-state index in [0.29, 0.717) is 19.3 Å². The number of ether oxygens (including phenoxy) is 1. The first-order valence-electron chi connectivity index (χ1n) is 28.2. The highest BCUT2D eigenvalue weighted by Gasteiger charge is 2.24. The maximum Gasteiger partial charge on any atom is 0.306 e. The first kappa shape index (κ1) is 63.3. The van der Waals surface area contributed by atoms with Gasteiger partial charge in [0.25, 0.3) is 0 Å².